The average molecular weight is 553 g/mol. The van der Waals surface area contributed by atoms with Gasteiger partial charge in [-0.2, -0.15) is 15.3 Å². The van der Waals surface area contributed by atoms with Gasteiger partial charge in [0.1, 0.15) is 6.54 Å². The van der Waals surface area contributed by atoms with E-state index in [1.54, 1.807) is 38.2 Å². The van der Waals surface area contributed by atoms with E-state index in [-0.39, 0.29) is 12.5 Å². The first-order valence-electron chi connectivity index (χ1n) is 13.4. The summed E-state index contributed by atoms with van der Waals surface area (Å²) in [7, 11) is 7.11. The Morgan fingerprint density at radius 2 is 1.83 bits per heavy atom. The van der Waals surface area contributed by atoms with Crippen LogP contribution in [0.25, 0.3) is 33.6 Å². The van der Waals surface area contributed by atoms with Crippen molar-refractivity contribution in [2.24, 2.45) is 7.05 Å². The standard InChI is InChI=1S/C29H32N10O2/c1-36(2)25(40)18-39-12-11-24(35-39)32-29-30-15-21-9-10-23-26(27(21)33-29)28(37(3)34-23)20-7-5-19(6-8-20)22-16-31-38(17-22)13-14-41-4/h5-8,11-12,15-17H,9-10,13-14,18H2,1-4H3,(H,30,32,33,35). The lowest BCUT2D eigenvalue weighted by atomic mass is 9.91. The maximum Gasteiger partial charge on any atom is 0.243 e. The molecule has 0 radical (unpaired) electrons. The molecule has 1 aliphatic rings. The zero-order chi connectivity index (χ0) is 28.5. The lowest BCUT2D eigenvalue weighted by Crippen LogP contribution is -2.26. The Kier molecular flexibility index (Phi) is 7.06. The van der Waals surface area contributed by atoms with Crippen LogP contribution in [0.1, 0.15) is 11.3 Å². The van der Waals surface area contributed by atoms with Crippen LogP contribution in [-0.2, 0) is 42.5 Å². The molecule has 0 fully saturated rings. The number of hydrogen-bond acceptors (Lipinski definition) is 8. The number of ether oxygens (including phenoxy) is 1. The van der Waals surface area contributed by atoms with Crippen molar-refractivity contribution in [2.75, 3.05) is 33.1 Å². The summed E-state index contributed by atoms with van der Waals surface area (Å²) in [6.07, 6.45) is 9.20. The van der Waals surface area contributed by atoms with Crippen LogP contribution < -0.4 is 5.32 Å². The van der Waals surface area contributed by atoms with E-state index in [1.165, 1.54) is 4.90 Å². The molecule has 0 bridgehead atoms. The number of hydrogen-bond donors (Lipinski definition) is 1. The predicted molar refractivity (Wildman–Crippen MR) is 154 cm³/mol. The van der Waals surface area contributed by atoms with Crippen LogP contribution in [0.2, 0.25) is 0 Å². The van der Waals surface area contributed by atoms with Crippen LogP contribution in [0.4, 0.5) is 11.8 Å². The Bertz CT molecular complexity index is 1700. The first-order valence-corrected chi connectivity index (χ1v) is 13.4. The average Bonchev–Trinajstić information content (AvgIpc) is 3.70. The fraction of sp³-hybridized carbons (Fsp3) is 0.310. The highest BCUT2D eigenvalue weighted by atomic mass is 16.5. The number of nitrogens with one attached hydrogen (secondary N) is 1. The van der Waals surface area contributed by atoms with Crippen LogP contribution in [0, 0.1) is 0 Å². The molecule has 1 aliphatic carbocycles. The number of nitrogens with zero attached hydrogens (tertiary/aromatic N) is 9. The van der Waals surface area contributed by atoms with Gasteiger partial charge in [0, 0.05) is 69.6 Å². The zero-order valence-corrected chi connectivity index (χ0v) is 23.6. The summed E-state index contributed by atoms with van der Waals surface area (Å²) in [6, 6.07) is 10.3. The number of carbonyl (C=O) groups excluding carboxylic acids is 1. The SMILES string of the molecule is COCCn1cc(-c2ccc(-c3c4c(nn3C)CCc3cnc(Nc5ccn(CC(=O)N(C)C)n5)nc3-4)cc2)cn1. The second-order valence-electron chi connectivity index (χ2n) is 10.2. The molecule has 12 heteroatoms. The highest BCUT2D eigenvalue weighted by Gasteiger charge is 2.27. The molecule has 1 N–H and O–H groups in total. The minimum atomic E-state index is -0.0357. The molecule has 6 rings (SSSR count). The molecule has 0 saturated carbocycles. The molecule has 0 atom stereocenters. The van der Waals surface area contributed by atoms with Gasteiger partial charge in [0.05, 0.1) is 36.4 Å². The van der Waals surface area contributed by atoms with Gasteiger partial charge in [-0.15, -0.1) is 0 Å². The third-order valence-electron chi connectivity index (χ3n) is 7.18. The van der Waals surface area contributed by atoms with E-state index in [1.807, 2.05) is 35.0 Å². The summed E-state index contributed by atoms with van der Waals surface area (Å²) in [6.45, 7) is 1.50. The summed E-state index contributed by atoms with van der Waals surface area (Å²) < 4.78 is 10.6. The highest BCUT2D eigenvalue weighted by molar-refractivity contribution is 5.85. The van der Waals surface area contributed by atoms with Gasteiger partial charge in [-0.3, -0.25) is 18.8 Å². The van der Waals surface area contributed by atoms with Gasteiger partial charge in [0.15, 0.2) is 5.82 Å². The molecule has 4 heterocycles. The van der Waals surface area contributed by atoms with E-state index in [4.69, 9.17) is 14.8 Å². The summed E-state index contributed by atoms with van der Waals surface area (Å²) in [4.78, 5) is 23.0. The largest absolute Gasteiger partial charge is 0.383 e. The number of fused-ring (bicyclic) bond motifs is 3. The number of rotatable bonds is 9. The number of aryl methyl sites for hydroxylation is 3. The fourth-order valence-electron chi connectivity index (χ4n) is 5.01. The number of anilines is 2. The minimum Gasteiger partial charge on any atom is -0.383 e. The van der Waals surface area contributed by atoms with Crippen LogP contribution >= 0.6 is 0 Å². The van der Waals surface area contributed by atoms with Gasteiger partial charge >= 0.3 is 0 Å². The van der Waals surface area contributed by atoms with E-state index in [9.17, 15) is 4.79 Å². The lowest BCUT2D eigenvalue weighted by Gasteiger charge is -2.17. The quantitative estimate of drug-likeness (QED) is 0.296. The number of carbonyl (C=O) groups is 1. The molecule has 41 heavy (non-hydrogen) atoms. The molecule has 1 amide bonds. The van der Waals surface area contributed by atoms with Gasteiger partial charge in [0.2, 0.25) is 11.9 Å². The molecule has 0 unspecified atom stereocenters. The molecule has 12 nitrogen and oxygen atoms in total. The van der Waals surface area contributed by atoms with Crippen molar-refractivity contribution in [2.45, 2.75) is 25.9 Å². The first-order chi connectivity index (χ1) is 19.9. The molecule has 5 aromatic rings. The van der Waals surface area contributed by atoms with Crippen LogP contribution in [0.3, 0.4) is 0 Å². The fourth-order valence-corrected chi connectivity index (χ4v) is 5.01. The second-order valence-corrected chi connectivity index (χ2v) is 10.2. The zero-order valence-electron chi connectivity index (χ0n) is 23.6. The number of methoxy groups -OCH3 is 1. The highest BCUT2D eigenvalue weighted by Crippen LogP contribution is 2.40. The predicted octanol–water partition coefficient (Wildman–Crippen LogP) is 3.18. The van der Waals surface area contributed by atoms with E-state index in [0.717, 1.165) is 57.7 Å². The Hall–Kier alpha value is -4.84. The maximum atomic E-state index is 12.0. The van der Waals surface area contributed by atoms with Crippen LogP contribution in [0.15, 0.2) is 55.1 Å². The molecule has 0 aliphatic heterocycles. The van der Waals surface area contributed by atoms with Gasteiger partial charge in [-0.25, -0.2) is 9.97 Å². The van der Waals surface area contributed by atoms with Crippen molar-refractivity contribution < 1.29 is 9.53 Å². The van der Waals surface area contributed by atoms with Crippen molar-refractivity contribution in [3.05, 3.63) is 66.4 Å². The normalized spacial score (nSPS) is 12.2. The van der Waals surface area contributed by atoms with Gasteiger partial charge in [0.25, 0.3) is 0 Å². The third kappa shape index (κ3) is 5.33. The Morgan fingerprint density at radius 1 is 1.02 bits per heavy atom. The Morgan fingerprint density at radius 3 is 2.61 bits per heavy atom. The molecule has 0 spiro atoms. The Balaban J connectivity index is 1.28. The summed E-state index contributed by atoms with van der Waals surface area (Å²) >= 11 is 0. The molecular formula is C29H32N10O2. The van der Waals surface area contributed by atoms with Crippen molar-refractivity contribution >= 4 is 17.7 Å². The first kappa shape index (κ1) is 26.4. The Labute approximate surface area is 237 Å². The maximum absolute atomic E-state index is 12.0. The summed E-state index contributed by atoms with van der Waals surface area (Å²) in [5, 5.41) is 16.9. The van der Waals surface area contributed by atoms with Gasteiger partial charge in [-0.1, -0.05) is 24.3 Å². The number of benzene rings is 1. The topological polar surface area (TPSA) is 121 Å². The number of aromatic nitrogens is 8. The number of amides is 1. The smallest absolute Gasteiger partial charge is 0.243 e. The minimum absolute atomic E-state index is 0.0357. The molecule has 1 aromatic carbocycles. The van der Waals surface area contributed by atoms with Gasteiger partial charge < -0.3 is 15.0 Å². The van der Waals surface area contributed by atoms with Crippen molar-refractivity contribution in [1.82, 2.24) is 44.2 Å². The molecular weight excluding hydrogens is 520 g/mol. The monoisotopic (exact) mass is 552 g/mol. The van der Waals surface area contributed by atoms with Crippen LogP contribution in [0.5, 0.6) is 0 Å². The third-order valence-corrected chi connectivity index (χ3v) is 7.18. The summed E-state index contributed by atoms with van der Waals surface area (Å²) in [5.41, 5.74) is 8.23. The van der Waals surface area contributed by atoms with E-state index in [2.05, 4.69) is 44.8 Å². The molecule has 210 valence electrons. The van der Waals surface area contributed by atoms with E-state index in [0.29, 0.717) is 24.9 Å². The van der Waals surface area contributed by atoms with Crippen molar-refractivity contribution in [3.8, 4) is 33.6 Å². The number of likely N-dealkylation sites (N-methyl/N-ethyl adjacent to an activating group) is 1. The van der Waals surface area contributed by atoms with Crippen LogP contribution in [-0.4, -0.2) is 77.9 Å². The molecule has 0 saturated heterocycles. The molecule has 4 aromatic heterocycles. The summed E-state index contributed by atoms with van der Waals surface area (Å²) in [5.74, 6) is 0.975. The van der Waals surface area contributed by atoms with E-state index >= 15 is 0 Å². The second kappa shape index (κ2) is 11.0. The van der Waals surface area contributed by atoms with Crippen molar-refractivity contribution in [3.63, 3.8) is 0 Å². The van der Waals surface area contributed by atoms with E-state index < -0.39 is 0 Å². The lowest BCUT2D eigenvalue weighted by molar-refractivity contribution is -0.129. The van der Waals surface area contributed by atoms with Crippen molar-refractivity contribution in [1.29, 1.82) is 0 Å². The van der Waals surface area contributed by atoms with Gasteiger partial charge in [-0.05, 0) is 24.0 Å².